The monoisotopic (exact) mass is 201 g/mol. The number of aryl methyl sites for hydroxylation is 1. The number of rotatable bonds is 4. The van der Waals surface area contributed by atoms with Crippen LogP contribution in [0.4, 0.5) is 5.13 Å². The van der Waals surface area contributed by atoms with E-state index in [-0.39, 0.29) is 5.91 Å². The minimum Gasteiger partial charge on any atom is -0.384 e. The van der Waals surface area contributed by atoms with Crippen LogP contribution in [0, 0.1) is 6.92 Å². The minimum absolute atomic E-state index is 0.0991. The summed E-state index contributed by atoms with van der Waals surface area (Å²) in [5, 5.41) is 11.5. The van der Waals surface area contributed by atoms with Gasteiger partial charge in [-0.05, 0) is 6.92 Å². The van der Waals surface area contributed by atoms with Gasteiger partial charge in [-0.3, -0.25) is 4.79 Å². The fraction of sp³-hybridized carbons (Fsp3) is 0.571. The average Bonchev–Trinajstić information content (AvgIpc) is 2.48. The van der Waals surface area contributed by atoms with Gasteiger partial charge in [0, 0.05) is 7.11 Å². The molecule has 0 aliphatic rings. The lowest BCUT2D eigenvalue weighted by atomic mass is 10.4. The molecule has 5 nitrogen and oxygen atoms in total. The van der Waals surface area contributed by atoms with Gasteiger partial charge in [0.2, 0.25) is 11.0 Å². The van der Waals surface area contributed by atoms with Gasteiger partial charge in [0.05, 0.1) is 13.0 Å². The maximum Gasteiger partial charge on any atom is 0.228 e. The smallest absolute Gasteiger partial charge is 0.228 e. The van der Waals surface area contributed by atoms with Crippen LogP contribution in [0.3, 0.4) is 0 Å². The zero-order valence-corrected chi connectivity index (χ0v) is 8.35. The second kappa shape index (κ2) is 4.88. The Hall–Kier alpha value is -1.01. The molecular formula is C7H11N3O2S. The highest BCUT2D eigenvalue weighted by Gasteiger charge is 2.05. The molecule has 0 radical (unpaired) electrons. The Labute approximate surface area is 80.1 Å². The second-order valence-electron chi connectivity index (χ2n) is 2.42. The van der Waals surface area contributed by atoms with Crippen LogP contribution in [0.1, 0.15) is 11.4 Å². The number of methoxy groups -OCH3 is 1. The highest BCUT2D eigenvalue weighted by atomic mass is 32.1. The summed E-state index contributed by atoms with van der Waals surface area (Å²) >= 11 is 1.35. The maximum absolute atomic E-state index is 11.1. The topological polar surface area (TPSA) is 64.1 Å². The zero-order valence-electron chi connectivity index (χ0n) is 7.53. The maximum atomic E-state index is 11.1. The van der Waals surface area contributed by atoms with Crippen LogP contribution in [0.5, 0.6) is 0 Å². The van der Waals surface area contributed by atoms with Crippen LogP contribution in [0.25, 0.3) is 0 Å². The number of aromatic nitrogens is 2. The third kappa shape index (κ3) is 3.47. The predicted molar refractivity (Wildman–Crippen MR) is 49.8 cm³/mol. The summed E-state index contributed by atoms with van der Waals surface area (Å²) in [5.74, 6) is -0.0991. The second-order valence-corrected chi connectivity index (χ2v) is 3.60. The molecule has 1 aromatic rings. The Morgan fingerprint density at radius 3 is 2.92 bits per heavy atom. The van der Waals surface area contributed by atoms with Crippen molar-refractivity contribution < 1.29 is 9.53 Å². The largest absolute Gasteiger partial charge is 0.384 e. The van der Waals surface area contributed by atoms with Gasteiger partial charge >= 0.3 is 0 Å². The number of amides is 1. The quantitative estimate of drug-likeness (QED) is 0.783. The standard InChI is InChI=1S/C7H11N3O2S/c1-5-9-10-7(13-5)8-6(11)3-4-12-2/h3-4H2,1-2H3,(H,8,10,11). The zero-order chi connectivity index (χ0) is 9.68. The first kappa shape index (κ1) is 10.1. The molecule has 6 heteroatoms. The molecule has 0 aliphatic heterocycles. The number of carbonyl (C=O) groups excluding carboxylic acids is 1. The molecule has 0 bridgehead atoms. The van der Waals surface area contributed by atoms with E-state index in [0.717, 1.165) is 5.01 Å². The minimum atomic E-state index is -0.0991. The first-order valence-electron chi connectivity index (χ1n) is 3.81. The van der Waals surface area contributed by atoms with Crippen molar-refractivity contribution in [2.45, 2.75) is 13.3 Å². The van der Waals surface area contributed by atoms with E-state index in [1.54, 1.807) is 7.11 Å². The van der Waals surface area contributed by atoms with Crippen LogP contribution in [-0.2, 0) is 9.53 Å². The number of hydrogen-bond donors (Lipinski definition) is 1. The Kier molecular flexibility index (Phi) is 3.78. The van der Waals surface area contributed by atoms with Crippen molar-refractivity contribution in [3.63, 3.8) is 0 Å². The van der Waals surface area contributed by atoms with E-state index in [4.69, 9.17) is 4.74 Å². The molecule has 0 unspecified atom stereocenters. The van der Waals surface area contributed by atoms with Crippen LogP contribution in [-0.4, -0.2) is 29.8 Å². The number of hydrogen-bond acceptors (Lipinski definition) is 5. The lowest BCUT2D eigenvalue weighted by Gasteiger charge is -1.98. The van der Waals surface area contributed by atoms with Gasteiger partial charge in [0.25, 0.3) is 0 Å². The summed E-state index contributed by atoms with van der Waals surface area (Å²) in [5.41, 5.74) is 0. The molecular weight excluding hydrogens is 190 g/mol. The van der Waals surface area contributed by atoms with E-state index in [1.165, 1.54) is 11.3 Å². The first-order chi connectivity index (χ1) is 6.22. The molecule has 0 saturated carbocycles. The van der Waals surface area contributed by atoms with Crippen molar-refractivity contribution in [2.75, 3.05) is 19.0 Å². The molecule has 0 fully saturated rings. The van der Waals surface area contributed by atoms with E-state index >= 15 is 0 Å². The van der Waals surface area contributed by atoms with Crippen molar-refractivity contribution in [1.82, 2.24) is 10.2 Å². The molecule has 0 aromatic carbocycles. The Balaban J connectivity index is 2.36. The summed E-state index contributed by atoms with van der Waals surface area (Å²) in [4.78, 5) is 11.1. The van der Waals surface area contributed by atoms with Crippen LogP contribution >= 0.6 is 11.3 Å². The Morgan fingerprint density at radius 2 is 2.38 bits per heavy atom. The van der Waals surface area contributed by atoms with E-state index in [2.05, 4.69) is 15.5 Å². The van der Waals surface area contributed by atoms with E-state index in [0.29, 0.717) is 18.2 Å². The van der Waals surface area contributed by atoms with Gasteiger partial charge in [-0.15, -0.1) is 10.2 Å². The van der Waals surface area contributed by atoms with Crippen molar-refractivity contribution in [3.8, 4) is 0 Å². The summed E-state index contributed by atoms with van der Waals surface area (Å²) in [6.45, 7) is 2.26. The number of carbonyl (C=O) groups is 1. The third-order valence-corrected chi connectivity index (χ3v) is 2.06. The van der Waals surface area contributed by atoms with E-state index < -0.39 is 0 Å². The van der Waals surface area contributed by atoms with Gasteiger partial charge in [-0.25, -0.2) is 0 Å². The van der Waals surface area contributed by atoms with Crippen molar-refractivity contribution in [1.29, 1.82) is 0 Å². The summed E-state index contributed by atoms with van der Waals surface area (Å²) in [6.07, 6.45) is 0.342. The van der Waals surface area contributed by atoms with E-state index in [1.807, 2.05) is 6.92 Å². The summed E-state index contributed by atoms with van der Waals surface area (Å²) < 4.78 is 4.76. The first-order valence-corrected chi connectivity index (χ1v) is 4.63. The van der Waals surface area contributed by atoms with Crippen molar-refractivity contribution in [3.05, 3.63) is 5.01 Å². The van der Waals surface area contributed by atoms with Crippen LogP contribution in [0.15, 0.2) is 0 Å². The number of anilines is 1. The average molecular weight is 201 g/mol. The Morgan fingerprint density at radius 1 is 1.62 bits per heavy atom. The molecule has 0 atom stereocenters. The van der Waals surface area contributed by atoms with Gasteiger partial charge in [0.15, 0.2) is 0 Å². The van der Waals surface area contributed by atoms with Crippen LogP contribution < -0.4 is 5.32 Å². The predicted octanol–water partition coefficient (Wildman–Crippen LogP) is 0.822. The molecule has 1 rings (SSSR count). The molecule has 0 spiro atoms. The molecule has 0 saturated heterocycles. The molecule has 72 valence electrons. The highest BCUT2D eigenvalue weighted by molar-refractivity contribution is 7.15. The lowest BCUT2D eigenvalue weighted by Crippen LogP contribution is -2.13. The normalized spacial score (nSPS) is 10.0. The van der Waals surface area contributed by atoms with Crippen molar-refractivity contribution in [2.24, 2.45) is 0 Å². The van der Waals surface area contributed by atoms with Gasteiger partial charge in [0.1, 0.15) is 5.01 Å². The van der Waals surface area contributed by atoms with Crippen molar-refractivity contribution >= 4 is 22.4 Å². The van der Waals surface area contributed by atoms with E-state index in [9.17, 15) is 4.79 Å². The summed E-state index contributed by atoms with van der Waals surface area (Å²) in [6, 6.07) is 0. The Bertz CT molecular complexity index is 287. The molecule has 1 amide bonds. The highest BCUT2D eigenvalue weighted by Crippen LogP contribution is 2.13. The lowest BCUT2D eigenvalue weighted by molar-refractivity contribution is -0.117. The third-order valence-electron chi connectivity index (χ3n) is 1.31. The molecule has 0 aliphatic carbocycles. The molecule has 1 N–H and O–H groups in total. The van der Waals surface area contributed by atoms with Gasteiger partial charge < -0.3 is 10.1 Å². The van der Waals surface area contributed by atoms with Gasteiger partial charge in [-0.2, -0.15) is 0 Å². The fourth-order valence-electron chi connectivity index (χ4n) is 0.724. The molecule has 1 aromatic heterocycles. The number of nitrogens with zero attached hydrogens (tertiary/aromatic N) is 2. The molecule has 13 heavy (non-hydrogen) atoms. The number of ether oxygens (including phenoxy) is 1. The fourth-order valence-corrected chi connectivity index (χ4v) is 1.33. The van der Waals surface area contributed by atoms with Crippen LogP contribution in [0.2, 0.25) is 0 Å². The number of nitrogens with one attached hydrogen (secondary N) is 1. The van der Waals surface area contributed by atoms with Gasteiger partial charge in [-0.1, -0.05) is 11.3 Å². The SMILES string of the molecule is COCCC(=O)Nc1nnc(C)s1. The summed E-state index contributed by atoms with van der Waals surface area (Å²) in [7, 11) is 1.56. The molecule has 1 heterocycles.